The van der Waals surface area contributed by atoms with Gasteiger partial charge in [0.15, 0.2) is 0 Å². The van der Waals surface area contributed by atoms with Gasteiger partial charge in [0.05, 0.1) is 11.4 Å². The summed E-state index contributed by atoms with van der Waals surface area (Å²) in [6.07, 6.45) is 7.07. The van der Waals surface area contributed by atoms with Gasteiger partial charge in [-0.05, 0) is 127 Å². The third-order valence-electron chi connectivity index (χ3n) is 13.0. The summed E-state index contributed by atoms with van der Waals surface area (Å²) in [5, 5.41) is 5.40. The quantitative estimate of drug-likeness (QED) is 0.182. The fourth-order valence-electron chi connectivity index (χ4n) is 11.6. The van der Waals surface area contributed by atoms with Gasteiger partial charge in [0.2, 0.25) is 0 Å². The predicted octanol–water partition coefficient (Wildman–Crippen LogP) is 13.6. The first-order chi connectivity index (χ1) is 24.3. The maximum absolute atomic E-state index is 2.67. The minimum atomic E-state index is 0.128. The van der Waals surface area contributed by atoms with E-state index in [1.807, 2.05) is 22.7 Å². The van der Waals surface area contributed by atoms with Crippen molar-refractivity contribution in [1.82, 2.24) is 0 Å². The van der Waals surface area contributed by atoms with E-state index in [1.165, 1.54) is 101 Å². The molecule has 49 heavy (non-hydrogen) atoms. The first-order valence-electron chi connectivity index (χ1n) is 18.1. The Kier molecular flexibility index (Phi) is 5.50. The summed E-state index contributed by atoms with van der Waals surface area (Å²) < 4.78 is 5.39. The second-order valence-corrected chi connectivity index (χ2v) is 17.4. The van der Waals surface area contributed by atoms with Crippen LogP contribution in [0.1, 0.15) is 43.2 Å². The van der Waals surface area contributed by atoms with Crippen LogP contribution in [0.3, 0.4) is 0 Å². The van der Waals surface area contributed by atoms with E-state index in [-0.39, 0.29) is 5.41 Å². The Hall–Kier alpha value is -4.44. The van der Waals surface area contributed by atoms with Crippen molar-refractivity contribution in [2.75, 3.05) is 4.90 Å². The monoisotopic (exact) mass is 665 g/mol. The van der Waals surface area contributed by atoms with E-state index in [9.17, 15) is 0 Å². The van der Waals surface area contributed by atoms with Crippen molar-refractivity contribution in [3.63, 3.8) is 0 Å². The van der Waals surface area contributed by atoms with E-state index < -0.39 is 0 Å². The van der Waals surface area contributed by atoms with Crippen LogP contribution in [0.5, 0.6) is 0 Å². The molecular weight excluding hydrogens is 631 g/mol. The van der Waals surface area contributed by atoms with Crippen LogP contribution in [-0.4, -0.2) is 0 Å². The molecule has 2 heterocycles. The molecule has 6 aromatic carbocycles. The van der Waals surface area contributed by atoms with Crippen LogP contribution in [0.25, 0.3) is 51.5 Å². The van der Waals surface area contributed by atoms with Crippen molar-refractivity contribution in [2.24, 2.45) is 23.7 Å². The van der Waals surface area contributed by atoms with Crippen molar-refractivity contribution < 1.29 is 0 Å². The minimum absolute atomic E-state index is 0.128. The Morgan fingerprint density at radius 2 is 1.00 bits per heavy atom. The van der Waals surface area contributed by atoms with Gasteiger partial charge in [-0.1, -0.05) is 78.9 Å². The van der Waals surface area contributed by atoms with Crippen molar-refractivity contribution in [3.8, 4) is 11.1 Å². The van der Waals surface area contributed by atoms with Crippen LogP contribution in [0, 0.1) is 23.7 Å². The zero-order chi connectivity index (χ0) is 31.8. The lowest BCUT2D eigenvalue weighted by molar-refractivity contribution is -0.0399. The highest BCUT2D eigenvalue weighted by atomic mass is 32.1. The molecule has 8 aromatic rings. The number of thiophene rings is 2. The highest BCUT2D eigenvalue weighted by Gasteiger charge is 2.61. The van der Waals surface area contributed by atoms with Gasteiger partial charge in [0.25, 0.3) is 0 Å². The molecule has 5 aliphatic carbocycles. The van der Waals surface area contributed by atoms with Gasteiger partial charge in [0.1, 0.15) is 0 Å². The molecule has 4 fully saturated rings. The van der Waals surface area contributed by atoms with Crippen LogP contribution >= 0.6 is 22.7 Å². The number of hydrogen-bond donors (Lipinski definition) is 0. The molecule has 2 aromatic heterocycles. The Morgan fingerprint density at radius 1 is 0.469 bits per heavy atom. The third-order valence-corrected chi connectivity index (χ3v) is 15.3. The van der Waals surface area contributed by atoms with Crippen LogP contribution in [-0.2, 0) is 5.41 Å². The standard InChI is InChI=1S/C46H35NS2/c1-4-12-36-32(9-1)33-20-19-31(26-37(33)46(36)29-22-27-21-28(24-29)25-30(46)23-27)47(38-13-7-17-42-44(38)34-10-2-5-15-40(34)48-42)39-14-8-18-43-45(39)35-11-3-6-16-41(35)49-43/h1-20,26-30H,21-25H2. The van der Waals surface area contributed by atoms with E-state index in [1.54, 1.807) is 11.1 Å². The molecule has 0 amide bonds. The lowest BCUT2D eigenvalue weighted by Gasteiger charge is -2.61. The number of fused-ring (bicyclic) bond motifs is 9. The Labute approximate surface area is 294 Å². The molecule has 4 bridgehead atoms. The lowest BCUT2D eigenvalue weighted by Crippen LogP contribution is -2.55. The molecule has 13 rings (SSSR count). The van der Waals surface area contributed by atoms with E-state index >= 15 is 0 Å². The van der Waals surface area contributed by atoms with Crippen LogP contribution in [0.2, 0.25) is 0 Å². The summed E-state index contributed by atoms with van der Waals surface area (Å²) in [6, 6.07) is 49.0. The molecule has 0 atom stereocenters. The summed E-state index contributed by atoms with van der Waals surface area (Å²) in [4.78, 5) is 2.63. The largest absolute Gasteiger partial charge is 0.309 e. The predicted molar refractivity (Wildman–Crippen MR) is 210 cm³/mol. The molecule has 4 saturated carbocycles. The van der Waals surface area contributed by atoms with Gasteiger partial charge >= 0.3 is 0 Å². The smallest absolute Gasteiger partial charge is 0.0555 e. The van der Waals surface area contributed by atoms with Gasteiger partial charge < -0.3 is 4.90 Å². The van der Waals surface area contributed by atoms with Gasteiger partial charge in [-0.3, -0.25) is 0 Å². The van der Waals surface area contributed by atoms with E-state index in [2.05, 4.69) is 132 Å². The normalized spacial score (nSPS) is 24.8. The van der Waals surface area contributed by atoms with Crippen LogP contribution in [0.4, 0.5) is 17.1 Å². The third kappa shape index (κ3) is 3.55. The zero-order valence-corrected chi connectivity index (χ0v) is 28.9. The fraction of sp³-hybridized carbons (Fsp3) is 0.217. The molecule has 3 heteroatoms. The first kappa shape index (κ1) is 27.4. The highest BCUT2D eigenvalue weighted by molar-refractivity contribution is 7.26. The van der Waals surface area contributed by atoms with Crippen molar-refractivity contribution >= 4 is 80.1 Å². The van der Waals surface area contributed by atoms with E-state index in [0.29, 0.717) is 0 Å². The maximum Gasteiger partial charge on any atom is 0.0555 e. The number of benzene rings is 6. The fourth-order valence-corrected chi connectivity index (χ4v) is 13.8. The average Bonchev–Trinajstić information content (AvgIpc) is 3.79. The average molecular weight is 666 g/mol. The molecule has 0 unspecified atom stereocenters. The second-order valence-electron chi connectivity index (χ2n) is 15.3. The summed E-state index contributed by atoms with van der Waals surface area (Å²) in [6.45, 7) is 0. The molecule has 236 valence electrons. The van der Waals surface area contributed by atoms with Crippen molar-refractivity contribution in [1.29, 1.82) is 0 Å². The zero-order valence-electron chi connectivity index (χ0n) is 27.2. The summed E-state index contributed by atoms with van der Waals surface area (Å²) in [5.74, 6) is 3.34. The lowest BCUT2D eigenvalue weighted by atomic mass is 9.43. The van der Waals surface area contributed by atoms with Gasteiger partial charge in [-0.25, -0.2) is 0 Å². The number of nitrogens with zero attached hydrogens (tertiary/aromatic N) is 1. The number of anilines is 3. The Morgan fingerprint density at radius 3 is 1.63 bits per heavy atom. The molecule has 5 aliphatic rings. The SMILES string of the molecule is c1ccc2c(c1)-c1ccc(N(c3cccc4sc5ccccc5c34)c3cccc4sc5ccccc5c34)cc1C21C2CC3CC(C2)CC1C3. The highest BCUT2D eigenvalue weighted by Crippen LogP contribution is 2.69. The molecule has 0 radical (unpaired) electrons. The summed E-state index contributed by atoms with van der Waals surface area (Å²) >= 11 is 3.82. The Balaban J connectivity index is 1.17. The topological polar surface area (TPSA) is 3.24 Å². The van der Waals surface area contributed by atoms with Crippen molar-refractivity contribution in [3.05, 3.63) is 139 Å². The van der Waals surface area contributed by atoms with E-state index in [0.717, 1.165) is 23.7 Å². The number of hydrogen-bond acceptors (Lipinski definition) is 3. The second kappa shape index (κ2) is 9.84. The van der Waals surface area contributed by atoms with Gasteiger partial charge in [0, 0.05) is 51.4 Å². The molecule has 0 saturated heterocycles. The van der Waals surface area contributed by atoms with Gasteiger partial charge in [-0.15, -0.1) is 22.7 Å². The van der Waals surface area contributed by atoms with Crippen LogP contribution in [0.15, 0.2) is 127 Å². The van der Waals surface area contributed by atoms with Crippen LogP contribution < -0.4 is 4.90 Å². The molecule has 1 nitrogen and oxygen atoms in total. The molecule has 0 N–H and O–H groups in total. The number of rotatable bonds is 3. The van der Waals surface area contributed by atoms with Crippen molar-refractivity contribution in [2.45, 2.75) is 37.5 Å². The molecule has 1 spiro atoms. The molecule has 0 aliphatic heterocycles. The maximum atomic E-state index is 2.67. The first-order valence-corrected chi connectivity index (χ1v) is 19.7. The minimum Gasteiger partial charge on any atom is -0.309 e. The van der Waals surface area contributed by atoms with Gasteiger partial charge in [-0.2, -0.15) is 0 Å². The van der Waals surface area contributed by atoms with E-state index in [4.69, 9.17) is 0 Å². The Bertz CT molecular complexity index is 2510. The summed E-state index contributed by atoms with van der Waals surface area (Å²) in [7, 11) is 0. The molecular formula is C46H35NS2. The summed E-state index contributed by atoms with van der Waals surface area (Å²) in [5.41, 5.74) is 10.1.